The number of fused-ring (bicyclic) bond motifs is 1. The van der Waals surface area contributed by atoms with Gasteiger partial charge in [0.15, 0.2) is 12.0 Å². The molecule has 2 N–H and O–H groups in total. The number of urea groups is 1. The summed E-state index contributed by atoms with van der Waals surface area (Å²) in [5.74, 6) is 0.960. The number of rotatable bonds is 6. The van der Waals surface area contributed by atoms with E-state index in [0.29, 0.717) is 18.4 Å². The SMILES string of the molecule is CC(C)CCN1C(=NCCc2ccccc2)NC2C1C(=O)NC(=O)N2C. The molecule has 0 saturated carbocycles. The van der Waals surface area contributed by atoms with Gasteiger partial charge in [0, 0.05) is 20.1 Å². The van der Waals surface area contributed by atoms with Gasteiger partial charge >= 0.3 is 6.03 Å². The molecule has 1 aromatic carbocycles. The van der Waals surface area contributed by atoms with E-state index in [9.17, 15) is 9.59 Å². The minimum Gasteiger partial charge on any atom is -0.334 e. The third-order valence-corrected chi connectivity index (χ3v) is 4.87. The molecule has 2 unspecified atom stereocenters. The zero-order chi connectivity index (χ0) is 18.7. The van der Waals surface area contributed by atoms with Crippen molar-refractivity contribution in [3.63, 3.8) is 0 Å². The van der Waals surface area contributed by atoms with E-state index >= 15 is 0 Å². The molecule has 0 spiro atoms. The number of benzene rings is 1. The molecular formula is C19H27N5O2. The lowest BCUT2D eigenvalue weighted by molar-refractivity contribution is -0.127. The zero-order valence-electron chi connectivity index (χ0n) is 15.6. The van der Waals surface area contributed by atoms with Crippen LogP contribution >= 0.6 is 0 Å². The van der Waals surface area contributed by atoms with E-state index in [4.69, 9.17) is 4.99 Å². The fraction of sp³-hybridized carbons (Fsp3) is 0.526. The number of hydrogen-bond donors (Lipinski definition) is 2. The summed E-state index contributed by atoms with van der Waals surface area (Å²) in [5, 5.41) is 5.72. The van der Waals surface area contributed by atoms with Crippen LogP contribution in [0.4, 0.5) is 4.79 Å². The number of imide groups is 1. The molecule has 2 saturated heterocycles. The second-order valence-corrected chi connectivity index (χ2v) is 7.26. The second kappa shape index (κ2) is 7.76. The summed E-state index contributed by atoms with van der Waals surface area (Å²) >= 11 is 0. The van der Waals surface area contributed by atoms with Gasteiger partial charge in [-0.1, -0.05) is 44.2 Å². The largest absolute Gasteiger partial charge is 0.334 e. The van der Waals surface area contributed by atoms with Gasteiger partial charge in [0.2, 0.25) is 0 Å². The lowest BCUT2D eigenvalue weighted by atomic mass is 10.1. The first-order valence-corrected chi connectivity index (χ1v) is 9.16. The summed E-state index contributed by atoms with van der Waals surface area (Å²) in [7, 11) is 1.69. The predicted molar refractivity (Wildman–Crippen MR) is 101 cm³/mol. The first-order chi connectivity index (χ1) is 12.5. The van der Waals surface area contributed by atoms with Crippen molar-refractivity contribution >= 4 is 17.9 Å². The van der Waals surface area contributed by atoms with Crippen LogP contribution in [0.1, 0.15) is 25.8 Å². The molecule has 3 amide bonds. The summed E-state index contributed by atoms with van der Waals surface area (Å²) in [6.07, 6.45) is 1.41. The molecular weight excluding hydrogens is 330 g/mol. The average Bonchev–Trinajstić information content (AvgIpc) is 2.98. The maximum Gasteiger partial charge on any atom is 0.325 e. The Balaban J connectivity index is 1.76. The highest BCUT2D eigenvalue weighted by atomic mass is 16.2. The van der Waals surface area contributed by atoms with Crippen molar-refractivity contribution in [3.8, 4) is 0 Å². The molecule has 26 heavy (non-hydrogen) atoms. The van der Waals surface area contributed by atoms with Gasteiger partial charge in [0.1, 0.15) is 6.17 Å². The van der Waals surface area contributed by atoms with Crippen LogP contribution in [-0.4, -0.2) is 60.0 Å². The summed E-state index contributed by atoms with van der Waals surface area (Å²) in [6, 6.07) is 9.38. The van der Waals surface area contributed by atoms with Crippen LogP contribution in [0.5, 0.6) is 0 Å². The Morgan fingerprint density at radius 1 is 1.19 bits per heavy atom. The molecule has 2 aliphatic heterocycles. The molecule has 0 radical (unpaired) electrons. The van der Waals surface area contributed by atoms with E-state index in [1.54, 1.807) is 7.05 Å². The molecule has 7 heteroatoms. The Hall–Kier alpha value is -2.57. The Kier molecular flexibility index (Phi) is 5.44. The van der Waals surface area contributed by atoms with Crippen molar-refractivity contribution in [1.82, 2.24) is 20.4 Å². The normalized spacial score (nSPS) is 24.1. The zero-order valence-corrected chi connectivity index (χ0v) is 15.6. The van der Waals surface area contributed by atoms with Gasteiger partial charge in [0.05, 0.1) is 0 Å². The van der Waals surface area contributed by atoms with Gasteiger partial charge in [0.25, 0.3) is 5.91 Å². The molecule has 0 bridgehead atoms. The maximum absolute atomic E-state index is 12.4. The number of nitrogens with zero attached hydrogens (tertiary/aromatic N) is 3. The highest BCUT2D eigenvalue weighted by molar-refractivity contribution is 6.04. The average molecular weight is 357 g/mol. The summed E-state index contributed by atoms with van der Waals surface area (Å²) in [6.45, 7) is 5.67. The quantitative estimate of drug-likeness (QED) is 0.807. The highest BCUT2D eigenvalue weighted by Gasteiger charge is 2.49. The third-order valence-electron chi connectivity index (χ3n) is 4.87. The minimum atomic E-state index is -0.438. The monoisotopic (exact) mass is 357 g/mol. The van der Waals surface area contributed by atoms with Crippen molar-refractivity contribution in [2.24, 2.45) is 10.9 Å². The van der Waals surface area contributed by atoms with Gasteiger partial charge in [-0.2, -0.15) is 0 Å². The van der Waals surface area contributed by atoms with Crippen molar-refractivity contribution in [1.29, 1.82) is 0 Å². The number of likely N-dealkylation sites (N-methyl/N-ethyl adjacent to an activating group) is 1. The van der Waals surface area contributed by atoms with Crippen molar-refractivity contribution < 1.29 is 9.59 Å². The van der Waals surface area contributed by atoms with E-state index < -0.39 is 6.04 Å². The molecule has 140 valence electrons. The van der Waals surface area contributed by atoms with Crippen LogP contribution in [0, 0.1) is 5.92 Å². The van der Waals surface area contributed by atoms with Crippen LogP contribution in [0.25, 0.3) is 0 Å². The van der Waals surface area contributed by atoms with Crippen LogP contribution in [-0.2, 0) is 11.2 Å². The van der Waals surface area contributed by atoms with Gasteiger partial charge in [-0.25, -0.2) is 4.79 Å². The number of amides is 3. The van der Waals surface area contributed by atoms with Gasteiger partial charge in [-0.15, -0.1) is 0 Å². The van der Waals surface area contributed by atoms with E-state index in [2.05, 4.69) is 36.6 Å². The van der Waals surface area contributed by atoms with Crippen LogP contribution in [0.3, 0.4) is 0 Å². The van der Waals surface area contributed by atoms with Crippen LogP contribution in [0.15, 0.2) is 35.3 Å². The molecule has 2 aliphatic rings. The lowest BCUT2D eigenvalue weighted by Crippen LogP contribution is -2.64. The number of nitrogens with one attached hydrogen (secondary N) is 2. The van der Waals surface area contributed by atoms with E-state index in [1.165, 1.54) is 10.5 Å². The van der Waals surface area contributed by atoms with Crippen LogP contribution in [0.2, 0.25) is 0 Å². The summed E-state index contributed by atoms with van der Waals surface area (Å²) < 4.78 is 0. The Bertz CT molecular complexity index is 688. The van der Waals surface area contributed by atoms with Crippen LogP contribution < -0.4 is 10.6 Å². The third kappa shape index (κ3) is 3.81. The maximum atomic E-state index is 12.4. The summed E-state index contributed by atoms with van der Waals surface area (Å²) in [4.78, 5) is 32.6. The minimum absolute atomic E-state index is 0.261. The number of guanidine groups is 1. The number of carbonyl (C=O) groups is 2. The van der Waals surface area contributed by atoms with Crippen molar-refractivity contribution in [3.05, 3.63) is 35.9 Å². The fourth-order valence-electron chi connectivity index (χ4n) is 3.30. The molecule has 7 nitrogen and oxygen atoms in total. The second-order valence-electron chi connectivity index (χ2n) is 7.26. The van der Waals surface area contributed by atoms with E-state index in [-0.39, 0.29) is 18.1 Å². The molecule has 0 aromatic heterocycles. The molecule has 1 aromatic rings. The Morgan fingerprint density at radius 3 is 2.62 bits per heavy atom. The standard InChI is InChI=1S/C19H27N5O2/c1-13(2)10-12-24-15-16(23(3)19(26)22-17(15)25)21-18(24)20-11-9-14-7-5-4-6-8-14/h4-8,13,15-16H,9-12H2,1-3H3,(H,20,21)(H,22,25,26). The highest BCUT2D eigenvalue weighted by Crippen LogP contribution is 2.21. The van der Waals surface area contributed by atoms with Gasteiger partial charge < -0.3 is 15.1 Å². The summed E-state index contributed by atoms with van der Waals surface area (Å²) in [5.41, 5.74) is 1.23. The number of carbonyl (C=O) groups excluding carboxylic acids is 2. The first-order valence-electron chi connectivity index (χ1n) is 9.16. The molecule has 0 aliphatic carbocycles. The number of hydrogen-bond acceptors (Lipinski definition) is 3. The predicted octanol–water partition coefficient (Wildman–Crippen LogP) is 1.41. The van der Waals surface area contributed by atoms with E-state index in [1.807, 2.05) is 23.1 Å². The topological polar surface area (TPSA) is 77.0 Å². The Labute approximate surface area is 154 Å². The first kappa shape index (κ1) is 18.2. The molecule has 2 fully saturated rings. The van der Waals surface area contributed by atoms with Gasteiger partial charge in [-0.05, 0) is 24.3 Å². The molecule has 2 heterocycles. The van der Waals surface area contributed by atoms with Gasteiger partial charge in [-0.3, -0.25) is 15.1 Å². The molecule has 2 atom stereocenters. The van der Waals surface area contributed by atoms with E-state index in [0.717, 1.165) is 19.4 Å². The Morgan fingerprint density at radius 2 is 1.92 bits per heavy atom. The number of aliphatic imine (C=N–C) groups is 1. The van der Waals surface area contributed by atoms with Crippen molar-refractivity contribution in [2.75, 3.05) is 20.1 Å². The van der Waals surface area contributed by atoms with Crippen molar-refractivity contribution in [2.45, 2.75) is 38.9 Å². The molecule has 3 rings (SSSR count). The lowest BCUT2D eigenvalue weighted by Gasteiger charge is -2.35. The smallest absolute Gasteiger partial charge is 0.325 e. The fourth-order valence-corrected chi connectivity index (χ4v) is 3.30.